The van der Waals surface area contributed by atoms with Crippen molar-refractivity contribution in [3.05, 3.63) is 59.7 Å². The van der Waals surface area contributed by atoms with E-state index in [-0.39, 0.29) is 0 Å². The highest BCUT2D eigenvalue weighted by molar-refractivity contribution is 5.34. The number of benzene rings is 2. The van der Waals surface area contributed by atoms with Crippen molar-refractivity contribution in [1.82, 2.24) is 0 Å². The molecule has 0 bridgehead atoms. The second kappa shape index (κ2) is 6.60. The molecule has 0 spiro atoms. The quantitative estimate of drug-likeness (QED) is 0.701. The van der Waals surface area contributed by atoms with E-state index in [2.05, 4.69) is 24.3 Å². The monoisotopic (exact) mass is 324 g/mol. The van der Waals surface area contributed by atoms with Gasteiger partial charge in [0.25, 0.3) is 0 Å². The highest BCUT2D eigenvalue weighted by atomic mass is 16.6. The lowest BCUT2D eigenvalue weighted by atomic mass is 10.5. The van der Waals surface area contributed by atoms with E-state index in [1.165, 1.54) is 11.1 Å². The zero-order chi connectivity index (χ0) is 15.5. The first-order valence-corrected chi connectivity index (χ1v) is 8.02. The predicted molar refractivity (Wildman–Crippen MR) is 86.2 cm³/mol. The Hall–Kier alpha value is -2.04. The second-order valence-electron chi connectivity index (χ2n) is 6.00. The van der Waals surface area contributed by atoms with Crippen LogP contribution in [0.4, 0.5) is 0 Å². The van der Waals surface area contributed by atoms with Crippen LogP contribution < -0.4 is 9.47 Å². The number of hydrogen-bond acceptors (Lipinski definition) is 4. The van der Waals surface area contributed by atoms with Gasteiger partial charge < -0.3 is 18.9 Å². The largest absolute Gasteiger partial charge is 0.491 e. The first kappa shape index (κ1) is 14.5. The molecule has 0 radical (unpaired) electrons. The molecule has 4 nitrogen and oxygen atoms in total. The molecule has 2 saturated heterocycles. The molecule has 120 valence electrons. The summed E-state index contributed by atoms with van der Waals surface area (Å²) in [4.78, 5) is 0. The summed E-state index contributed by atoms with van der Waals surface area (Å²) >= 11 is 0. The molecule has 0 aliphatic carbocycles. The molecule has 4 heteroatoms. The maximum absolute atomic E-state index is 5.65. The molecule has 2 aliphatic heterocycles. The average Bonchev–Trinajstić information content (AvgIpc) is 3.48. The highest BCUT2D eigenvalue weighted by Crippen LogP contribution is 2.20. The third-order valence-electron chi connectivity index (χ3n) is 3.93. The summed E-state index contributed by atoms with van der Waals surface area (Å²) < 4.78 is 21.6. The van der Waals surface area contributed by atoms with Gasteiger partial charge in [-0.2, -0.15) is 0 Å². The summed E-state index contributed by atoms with van der Waals surface area (Å²) in [6.45, 7) is 2.94. The molecule has 0 aromatic heterocycles. The van der Waals surface area contributed by atoms with E-state index in [0.29, 0.717) is 25.4 Å². The molecule has 0 amide bonds. The van der Waals surface area contributed by atoms with Gasteiger partial charge in [-0.15, -0.1) is 0 Å². The Morgan fingerprint density at radius 1 is 0.696 bits per heavy atom. The van der Waals surface area contributed by atoms with Gasteiger partial charge in [0.1, 0.15) is 36.9 Å². The third kappa shape index (κ3) is 4.47. The Bertz CT molecular complexity index is 570. The second-order valence-corrected chi connectivity index (χ2v) is 6.00. The van der Waals surface area contributed by atoms with E-state index in [4.69, 9.17) is 18.9 Å². The first-order valence-electron chi connectivity index (χ1n) is 8.02. The van der Waals surface area contributed by atoms with Crippen LogP contribution in [0.1, 0.15) is 11.1 Å². The number of hydrogen-bond donors (Lipinski definition) is 0. The average molecular weight is 324 g/mol. The summed E-state index contributed by atoms with van der Waals surface area (Å²) in [5.74, 6) is 1.80. The number of rotatable bonds is 8. The van der Waals surface area contributed by atoms with Gasteiger partial charge in [-0.25, -0.2) is 0 Å². The maximum Gasteiger partial charge on any atom is 0.119 e. The van der Waals surface area contributed by atoms with Crippen molar-refractivity contribution in [2.45, 2.75) is 18.6 Å². The highest BCUT2D eigenvalue weighted by Gasteiger charge is 2.23. The van der Waals surface area contributed by atoms with Gasteiger partial charge >= 0.3 is 0 Å². The van der Waals surface area contributed by atoms with Gasteiger partial charge in [-0.1, -0.05) is 24.3 Å². The van der Waals surface area contributed by atoms with E-state index in [1.807, 2.05) is 24.3 Å². The van der Waals surface area contributed by atoms with Crippen molar-refractivity contribution in [2.75, 3.05) is 26.4 Å². The smallest absolute Gasteiger partial charge is 0.119 e. The van der Waals surface area contributed by atoms with Gasteiger partial charge in [-0.3, -0.25) is 0 Å². The SMILES string of the molecule is C1OC1CO[13c]1[13cH][13cH][13c](C[13c]2[13cH][13cH][13c](OCC3CO3)[13cH][13cH]2)[13cH][13cH]1. The van der Waals surface area contributed by atoms with Gasteiger partial charge in [-0.05, 0) is 41.8 Å². The fraction of sp³-hybridized carbons (Fsp3) is 0.368. The van der Waals surface area contributed by atoms with E-state index < -0.39 is 0 Å². The van der Waals surface area contributed by atoms with Gasteiger partial charge in [0.05, 0.1) is 13.2 Å². The zero-order valence-corrected chi connectivity index (χ0v) is 12.9. The van der Waals surface area contributed by atoms with Crippen molar-refractivity contribution >= 4 is 0 Å². The first-order chi connectivity index (χ1) is 11.3. The van der Waals surface area contributed by atoms with Crippen molar-refractivity contribution in [1.29, 1.82) is 0 Å². The molecule has 2 heterocycles. The zero-order valence-electron chi connectivity index (χ0n) is 12.9. The van der Waals surface area contributed by atoms with Gasteiger partial charge in [0.2, 0.25) is 0 Å². The molecule has 2 aliphatic rings. The summed E-state index contributed by atoms with van der Waals surface area (Å²) in [6, 6.07) is 16.5. The van der Waals surface area contributed by atoms with Crippen molar-refractivity contribution in [3.63, 3.8) is 0 Å². The Morgan fingerprint density at radius 2 is 1.09 bits per heavy atom. The summed E-state index contributed by atoms with van der Waals surface area (Å²) in [6.07, 6.45) is 1.49. The molecule has 0 N–H and O–H groups in total. The fourth-order valence-corrected chi connectivity index (χ4v) is 2.35. The molecular formula is C19H20O4. The standard InChI is InChI=1S/C19H20O4/c1-5-16(20-10-18-12-22-18)6-2-14(1)9-15-3-7-17(8-4-15)21-11-19-13-23-19/h1-8,18-19H,9-13H2/i1+1,2+1,3+1,4+1,5+1,6+1,7+1,8+1,14+1,15+1,16+1,17+1. The molecule has 2 unspecified atom stereocenters. The molecule has 0 saturated carbocycles. The van der Waals surface area contributed by atoms with Crippen LogP contribution in [0.2, 0.25) is 0 Å². The summed E-state index contributed by atoms with van der Waals surface area (Å²) in [5.41, 5.74) is 2.53. The molecule has 2 aromatic carbocycles. The van der Waals surface area contributed by atoms with Gasteiger partial charge in [0, 0.05) is 0 Å². The molecule has 4 rings (SSSR count). The van der Waals surface area contributed by atoms with E-state index in [1.54, 1.807) is 0 Å². The fourth-order valence-electron chi connectivity index (χ4n) is 2.35. The van der Waals surface area contributed by atoms with Crippen LogP contribution in [0, 0.1) is 0 Å². The predicted octanol–water partition coefficient (Wildman–Crippen LogP) is 2.83. The van der Waals surface area contributed by atoms with Gasteiger partial charge in [0.15, 0.2) is 0 Å². The molecule has 2 fully saturated rings. The van der Waals surface area contributed by atoms with Crippen LogP contribution in [0.25, 0.3) is 0 Å². The molecular weight excluding hydrogens is 304 g/mol. The van der Waals surface area contributed by atoms with Crippen molar-refractivity contribution < 1.29 is 18.9 Å². The minimum absolute atomic E-state index is 0.293. The van der Waals surface area contributed by atoms with Crippen molar-refractivity contribution in [2.24, 2.45) is 0 Å². The van der Waals surface area contributed by atoms with Crippen molar-refractivity contribution in [3.8, 4) is 11.5 Å². The van der Waals surface area contributed by atoms with Crippen LogP contribution in [-0.4, -0.2) is 38.6 Å². The van der Waals surface area contributed by atoms with Crippen LogP contribution in [-0.2, 0) is 15.9 Å². The van der Waals surface area contributed by atoms with E-state index in [9.17, 15) is 0 Å². The summed E-state index contributed by atoms with van der Waals surface area (Å²) in [7, 11) is 0. The molecule has 2 atom stereocenters. The lowest BCUT2D eigenvalue weighted by Crippen LogP contribution is -2.04. The number of ether oxygens (including phenoxy) is 4. The van der Waals surface area contributed by atoms with Crippen LogP contribution in [0.3, 0.4) is 0 Å². The molecule has 2 aromatic rings. The van der Waals surface area contributed by atoms with E-state index >= 15 is 0 Å². The minimum Gasteiger partial charge on any atom is -0.491 e. The Kier molecular flexibility index (Phi) is 4.18. The Balaban J connectivity index is 1.29. The Morgan fingerprint density at radius 3 is 1.43 bits per heavy atom. The lowest BCUT2D eigenvalue weighted by molar-refractivity contribution is 0.263. The normalized spacial score (nSPS) is 21.7. The molecule has 23 heavy (non-hydrogen) atoms. The topological polar surface area (TPSA) is 43.5 Å². The number of epoxide rings is 2. The minimum atomic E-state index is 0.293. The van der Waals surface area contributed by atoms with E-state index in [0.717, 1.165) is 31.1 Å². The van der Waals surface area contributed by atoms with Crippen LogP contribution >= 0.6 is 0 Å². The summed E-state index contributed by atoms with van der Waals surface area (Å²) in [5, 5.41) is 0. The Labute approximate surface area is 135 Å². The maximum atomic E-state index is 5.65. The third-order valence-corrected chi connectivity index (χ3v) is 3.93. The van der Waals surface area contributed by atoms with Crippen LogP contribution in [0.5, 0.6) is 11.5 Å². The lowest BCUT2D eigenvalue weighted by Gasteiger charge is -2.07. The van der Waals surface area contributed by atoms with Crippen LogP contribution in [0.15, 0.2) is 48.5 Å².